The molecule has 0 aliphatic heterocycles. The zero-order valence-corrected chi connectivity index (χ0v) is 9.88. The van der Waals surface area contributed by atoms with Gasteiger partial charge in [0, 0.05) is 19.2 Å². The van der Waals surface area contributed by atoms with Crippen LogP contribution >= 0.6 is 11.3 Å². The third-order valence-electron chi connectivity index (χ3n) is 1.83. The fraction of sp³-hybridized carbons (Fsp3) is 0.364. The molecule has 0 spiro atoms. The minimum Gasteiger partial charge on any atom is -0.351 e. The van der Waals surface area contributed by atoms with Crippen molar-refractivity contribution in [2.45, 2.75) is 0 Å². The van der Waals surface area contributed by atoms with Gasteiger partial charge in [0.1, 0.15) is 0 Å². The first-order chi connectivity index (χ1) is 7.18. The van der Waals surface area contributed by atoms with Crippen molar-refractivity contribution < 1.29 is 4.79 Å². The molecule has 0 atom stereocenters. The maximum absolute atomic E-state index is 11.3. The van der Waals surface area contributed by atoms with E-state index in [1.165, 1.54) is 0 Å². The molecule has 1 rings (SSSR count). The van der Waals surface area contributed by atoms with Crippen LogP contribution in [0.3, 0.4) is 0 Å². The Kier molecular flexibility index (Phi) is 5.07. The van der Waals surface area contributed by atoms with E-state index in [1.54, 1.807) is 17.4 Å². The summed E-state index contributed by atoms with van der Waals surface area (Å²) in [6.45, 7) is 1.54. The third kappa shape index (κ3) is 5.34. The molecule has 0 saturated carbocycles. The Balaban J connectivity index is 2.24. The quantitative estimate of drug-likeness (QED) is 0.768. The Labute approximate surface area is 94.4 Å². The summed E-state index contributed by atoms with van der Waals surface area (Å²) in [5.74, 6) is -0.0388. The number of carbonyl (C=O) groups is 1. The summed E-state index contributed by atoms with van der Waals surface area (Å²) in [5, 5.41) is 6.81. The Hall–Kier alpha value is -1.13. The van der Waals surface area contributed by atoms with Crippen molar-refractivity contribution in [2.24, 2.45) is 0 Å². The first kappa shape index (κ1) is 11.9. The lowest BCUT2D eigenvalue weighted by atomic mass is 10.3. The van der Waals surface area contributed by atoms with E-state index in [0.29, 0.717) is 6.54 Å². The van der Waals surface area contributed by atoms with Gasteiger partial charge in [0.25, 0.3) is 0 Å². The van der Waals surface area contributed by atoms with Gasteiger partial charge in [0.15, 0.2) is 0 Å². The van der Waals surface area contributed by atoms with Crippen LogP contribution in [0.5, 0.6) is 0 Å². The molecule has 0 radical (unpaired) electrons. The van der Waals surface area contributed by atoms with Crippen molar-refractivity contribution in [3.63, 3.8) is 0 Å². The molecule has 1 N–H and O–H groups in total. The van der Waals surface area contributed by atoms with Crippen molar-refractivity contribution in [3.8, 4) is 0 Å². The normalized spacial score (nSPS) is 11.1. The summed E-state index contributed by atoms with van der Waals surface area (Å²) in [4.78, 5) is 13.3. The van der Waals surface area contributed by atoms with Crippen molar-refractivity contribution in [1.29, 1.82) is 0 Å². The SMILES string of the molecule is CN(C)CCNC(=O)/C=C/c1ccsc1. The molecule has 0 aromatic carbocycles. The molecular weight excluding hydrogens is 208 g/mol. The van der Waals surface area contributed by atoms with Gasteiger partial charge in [-0.1, -0.05) is 0 Å². The van der Waals surface area contributed by atoms with Gasteiger partial charge in [0.2, 0.25) is 5.91 Å². The standard InChI is InChI=1S/C11H16N2OS/c1-13(2)7-6-12-11(14)4-3-10-5-8-15-9-10/h3-5,8-9H,6-7H2,1-2H3,(H,12,14)/b4-3+. The molecule has 0 fully saturated rings. The molecule has 1 amide bonds. The highest BCUT2D eigenvalue weighted by atomic mass is 32.1. The summed E-state index contributed by atoms with van der Waals surface area (Å²) in [6, 6.07) is 1.98. The number of nitrogens with one attached hydrogen (secondary N) is 1. The van der Waals surface area contributed by atoms with Gasteiger partial charge in [-0.05, 0) is 42.6 Å². The van der Waals surface area contributed by atoms with Crippen LogP contribution < -0.4 is 5.32 Å². The maximum Gasteiger partial charge on any atom is 0.244 e. The molecule has 0 bridgehead atoms. The lowest BCUT2D eigenvalue weighted by Gasteiger charge is -2.08. The lowest BCUT2D eigenvalue weighted by molar-refractivity contribution is -0.116. The first-order valence-electron chi connectivity index (χ1n) is 4.81. The summed E-state index contributed by atoms with van der Waals surface area (Å²) < 4.78 is 0. The number of nitrogens with zero attached hydrogens (tertiary/aromatic N) is 1. The fourth-order valence-electron chi connectivity index (χ4n) is 1.00. The average molecular weight is 224 g/mol. The first-order valence-corrected chi connectivity index (χ1v) is 5.75. The molecule has 3 nitrogen and oxygen atoms in total. The average Bonchev–Trinajstić information content (AvgIpc) is 2.66. The summed E-state index contributed by atoms with van der Waals surface area (Å²) in [6.07, 6.45) is 3.39. The Morgan fingerprint density at radius 3 is 3.00 bits per heavy atom. The van der Waals surface area contributed by atoms with Crippen molar-refractivity contribution in [1.82, 2.24) is 10.2 Å². The number of hydrogen-bond donors (Lipinski definition) is 1. The smallest absolute Gasteiger partial charge is 0.244 e. The van der Waals surface area contributed by atoms with Gasteiger partial charge < -0.3 is 10.2 Å². The molecule has 82 valence electrons. The Morgan fingerprint density at radius 1 is 1.60 bits per heavy atom. The summed E-state index contributed by atoms with van der Waals surface area (Å²) in [5.41, 5.74) is 1.07. The van der Waals surface area contributed by atoms with Crippen LogP contribution in [0.2, 0.25) is 0 Å². The van der Waals surface area contributed by atoms with E-state index in [9.17, 15) is 4.79 Å². The molecular formula is C11H16N2OS. The van der Waals surface area contributed by atoms with Crippen LogP contribution in [0.15, 0.2) is 22.9 Å². The fourth-order valence-corrected chi connectivity index (χ4v) is 1.63. The predicted octanol–water partition coefficient (Wildman–Crippen LogP) is 1.44. The van der Waals surface area contributed by atoms with E-state index < -0.39 is 0 Å². The lowest BCUT2D eigenvalue weighted by Crippen LogP contribution is -2.30. The molecule has 0 saturated heterocycles. The second kappa shape index (κ2) is 6.37. The highest BCUT2D eigenvalue weighted by molar-refractivity contribution is 7.08. The van der Waals surface area contributed by atoms with Crippen LogP contribution in [0.25, 0.3) is 6.08 Å². The zero-order chi connectivity index (χ0) is 11.1. The van der Waals surface area contributed by atoms with Crippen molar-refractivity contribution >= 4 is 23.3 Å². The molecule has 0 aliphatic carbocycles. The van der Waals surface area contributed by atoms with Gasteiger partial charge in [0.05, 0.1) is 0 Å². The second-order valence-corrected chi connectivity index (χ2v) is 4.26. The molecule has 4 heteroatoms. The molecule has 0 aliphatic rings. The number of hydrogen-bond acceptors (Lipinski definition) is 3. The van der Waals surface area contributed by atoms with Crippen LogP contribution in [-0.2, 0) is 4.79 Å². The second-order valence-electron chi connectivity index (χ2n) is 3.48. The van der Waals surface area contributed by atoms with Gasteiger partial charge in [-0.3, -0.25) is 4.79 Å². The van der Waals surface area contributed by atoms with Crippen molar-refractivity contribution in [3.05, 3.63) is 28.5 Å². The summed E-state index contributed by atoms with van der Waals surface area (Å²) >= 11 is 1.62. The van der Waals surface area contributed by atoms with E-state index in [0.717, 1.165) is 12.1 Å². The number of rotatable bonds is 5. The predicted molar refractivity (Wildman–Crippen MR) is 64.9 cm³/mol. The maximum atomic E-state index is 11.3. The Morgan fingerprint density at radius 2 is 2.40 bits per heavy atom. The van der Waals surface area contributed by atoms with Gasteiger partial charge in [-0.2, -0.15) is 11.3 Å². The minimum absolute atomic E-state index is 0.0388. The number of carbonyl (C=O) groups excluding carboxylic acids is 1. The topological polar surface area (TPSA) is 32.3 Å². The molecule has 0 unspecified atom stereocenters. The van der Waals surface area contributed by atoms with Crippen LogP contribution in [0, 0.1) is 0 Å². The van der Waals surface area contributed by atoms with Gasteiger partial charge >= 0.3 is 0 Å². The van der Waals surface area contributed by atoms with E-state index in [1.807, 2.05) is 41.9 Å². The molecule has 1 heterocycles. The number of likely N-dealkylation sites (N-methyl/N-ethyl adjacent to an activating group) is 1. The molecule has 1 aromatic heterocycles. The van der Waals surface area contributed by atoms with Crippen LogP contribution in [-0.4, -0.2) is 38.0 Å². The largest absolute Gasteiger partial charge is 0.351 e. The number of thiophene rings is 1. The van der Waals surface area contributed by atoms with Crippen molar-refractivity contribution in [2.75, 3.05) is 27.2 Å². The molecule has 15 heavy (non-hydrogen) atoms. The van der Waals surface area contributed by atoms with E-state index in [-0.39, 0.29) is 5.91 Å². The van der Waals surface area contributed by atoms with Crippen LogP contribution in [0.1, 0.15) is 5.56 Å². The van der Waals surface area contributed by atoms with E-state index >= 15 is 0 Å². The van der Waals surface area contributed by atoms with Gasteiger partial charge in [-0.25, -0.2) is 0 Å². The molecule has 1 aromatic rings. The zero-order valence-electron chi connectivity index (χ0n) is 9.06. The third-order valence-corrected chi connectivity index (χ3v) is 2.53. The van der Waals surface area contributed by atoms with E-state index in [2.05, 4.69) is 5.32 Å². The monoisotopic (exact) mass is 224 g/mol. The highest BCUT2D eigenvalue weighted by Gasteiger charge is 1.95. The summed E-state index contributed by atoms with van der Waals surface area (Å²) in [7, 11) is 3.96. The Bertz CT molecular complexity index is 317. The highest BCUT2D eigenvalue weighted by Crippen LogP contribution is 2.07. The van der Waals surface area contributed by atoms with Crippen LogP contribution in [0.4, 0.5) is 0 Å². The van der Waals surface area contributed by atoms with Gasteiger partial charge in [-0.15, -0.1) is 0 Å². The van der Waals surface area contributed by atoms with E-state index in [4.69, 9.17) is 0 Å². The minimum atomic E-state index is -0.0388. The number of amides is 1.